The molecule has 1 aliphatic heterocycles. The molecule has 1 heterocycles. The lowest BCUT2D eigenvalue weighted by molar-refractivity contribution is -0.137. The molecule has 3 N–H and O–H groups in total. The first-order chi connectivity index (χ1) is 11.4. The first-order valence-electron chi connectivity index (χ1n) is 7.44. The second kappa shape index (κ2) is 8.32. The van der Waals surface area contributed by atoms with Crippen LogP contribution in [-0.4, -0.2) is 56.1 Å². The third-order valence-electron chi connectivity index (χ3n) is 3.34. The maximum atomic E-state index is 12.6. The Morgan fingerprint density at radius 3 is 2.96 bits per heavy atom. The number of carbonyl (C=O) groups is 1. The largest absolute Gasteiger partial charge is 0.491 e. The molecular formula is C15H19F3N2O4. The first kappa shape index (κ1) is 18.5. The summed E-state index contributed by atoms with van der Waals surface area (Å²) in [7, 11) is 0. The second-order valence-electron chi connectivity index (χ2n) is 5.30. The number of rotatable bonds is 6. The van der Waals surface area contributed by atoms with Gasteiger partial charge in [-0.15, -0.1) is 0 Å². The van der Waals surface area contributed by atoms with Crippen molar-refractivity contribution in [1.29, 1.82) is 0 Å². The maximum absolute atomic E-state index is 12.6. The van der Waals surface area contributed by atoms with Gasteiger partial charge in [0.1, 0.15) is 24.6 Å². The van der Waals surface area contributed by atoms with Crippen LogP contribution < -0.4 is 15.4 Å². The van der Waals surface area contributed by atoms with Gasteiger partial charge in [0.05, 0.1) is 12.2 Å². The van der Waals surface area contributed by atoms with Gasteiger partial charge < -0.3 is 25.2 Å². The van der Waals surface area contributed by atoms with Crippen LogP contribution in [-0.2, 0) is 15.7 Å². The number of aliphatic hydroxyl groups is 1. The molecule has 1 fully saturated rings. The molecule has 1 aromatic carbocycles. The van der Waals surface area contributed by atoms with Crippen molar-refractivity contribution in [3.63, 3.8) is 0 Å². The van der Waals surface area contributed by atoms with E-state index >= 15 is 0 Å². The zero-order valence-electron chi connectivity index (χ0n) is 12.8. The quantitative estimate of drug-likeness (QED) is 0.700. The van der Waals surface area contributed by atoms with Gasteiger partial charge in [-0.25, -0.2) is 0 Å². The lowest BCUT2D eigenvalue weighted by Crippen LogP contribution is -2.49. The molecule has 134 valence electrons. The van der Waals surface area contributed by atoms with Gasteiger partial charge in [0.25, 0.3) is 5.91 Å². The highest BCUT2D eigenvalue weighted by Crippen LogP contribution is 2.31. The third kappa shape index (κ3) is 5.66. The number of hydrogen-bond acceptors (Lipinski definition) is 5. The van der Waals surface area contributed by atoms with E-state index < -0.39 is 23.9 Å². The van der Waals surface area contributed by atoms with E-state index in [-0.39, 0.29) is 24.8 Å². The summed E-state index contributed by atoms with van der Waals surface area (Å²) >= 11 is 0. The van der Waals surface area contributed by atoms with Crippen molar-refractivity contribution in [3.05, 3.63) is 29.8 Å². The van der Waals surface area contributed by atoms with Gasteiger partial charge in [0.15, 0.2) is 0 Å². The Kier molecular flexibility index (Phi) is 6.41. The topological polar surface area (TPSA) is 79.8 Å². The number of ether oxygens (including phenoxy) is 2. The average Bonchev–Trinajstić information content (AvgIpc) is 2.58. The van der Waals surface area contributed by atoms with Crippen molar-refractivity contribution in [1.82, 2.24) is 10.6 Å². The van der Waals surface area contributed by atoms with Gasteiger partial charge in [0.2, 0.25) is 0 Å². The predicted octanol–water partition coefficient (Wildman–Crippen LogP) is 0.550. The minimum atomic E-state index is -4.46. The van der Waals surface area contributed by atoms with Crippen LogP contribution in [0, 0.1) is 0 Å². The van der Waals surface area contributed by atoms with Crippen molar-refractivity contribution >= 4 is 5.91 Å². The summed E-state index contributed by atoms with van der Waals surface area (Å²) in [5.41, 5.74) is -0.829. The Morgan fingerprint density at radius 1 is 1.50 bits per heavy atom. The molecule has 2 unspecified atom stereocenters. The number of alkyl halides is 3. The standard InChI is InChI=1S/C15H19F3N2O4/c16-15(17,18)10-2-1-3-12(6-10)24-9-11(21)7-20-14(22)13-8-19-4-5-23-13/h1-3,6,11,13,19,21H,4-5,7-9H2,(H,20,22). The molecular weight excluding hydrogens is 329 g/mol. The minimum Gasteiger partial charge on any atom is -0.491 e. The van der Waals surface area contributed by atoms with Gasteiger partial charge in [-0.1, -0.05) is 6.07 Å². The molecule has 0 radical (unpaired) electrons. The molecule has 0 aromatic heterocycles. The van der Waals surface area contributed by atoms with Crippen LogP contribution in [0.15, 0.2) is 24.3 Å². The van der Waals surface area contributed by atoms with Crippen molar-refractivity contribution in [2.45, 2.75) is 18.4 Å². The molecule has 9 heteroatoms. The van der Waals surface area contributed by atoms with E-state index in [1.54, 1.807) is 0 Å². The predicted molar refractivity (Wildman–Crippen MR) is 78.6 cm³/mol. The summed E-state index contributed by atoms with van der Waals surface area (Å²) in [6.07, 6.45) is -6.13. The van der Waals surface area contributed by atoms with E-state index in [9.17, 15) is 23.1 Å². The van der Waals surface area contributed by atoms with Crippen LogP contribution in [0.3, 0.4) is 0 Å². The molecule has 0 saturated carbocycles. The van der Waals surface area contributed by atoms with Gasteiger partial charge in [-0.2, -0.15) is 13.2 Å². The fraction of sp³-hybridized carbons (Fsp3) is 0.533. The van der Waals surface area contributed by atoms with Crippen LogP contribution in [0.5, 0.6) is 5.75 Å². The number of nitrogens with one attached hydrogen (secondary N) is 2. The molecule has 0 spiro atoms. The van der Waals surface area contributed by atoms with Gasteiger partial charge >= 0.3 is 6.18 Å². The summed E-state index contributed by atoms with van der Waals surface area (Å²) in [6, 6.07) is 4.37. The smallest absolute Gasteiger partial charge is 0.416 e. The fourth-order valence-corrected chi connectivity index (χ4v) is 2.08. The highest BCUT2D eigenvalue weighted by atomic mass is 19.4. The Labute approximate surface area is 136 Å². The number of benzene rings is 1. The van der Waals surface area contributed by atoms with Gasteiger partial charge in [0, 0.05) is 19.6 Å². The van der Waals surface area contributed by atoms with Gasteiger partial charge in [-0.05, 0) is 18.2 Å². The number of amides is 1. The lowest BCUT2D eigenvalue weighted by atomic mass is 10.2. The molecule has 2 atom stereocenters. The Bertz CT molecular complexity index is 548. The number of morpholine rings is 1. The van der Waals surface area contributed by atoms with Crippen LogP contribution in [0.2, 0.25) is 0 Å². The minimum absolute atomic E-state index is 0.00462. The van der Waals surface area contributed by atoms with Crippen molar-refractivity contribution in [2.24, 2.45) is 0 Å². The second-order valence-corrected chi connectivity index (χ2v) is 5.30. The summed E-state index contributed by atoms with van der Waals surface area (Å²) in [5, 5.41) is 15.3. The van der Waals surface area contributed by atoms with Gasteiger partial charge in [-0.3, -0.25) is 4.79 Å². The summed E-state index contributed by atoms with van der Waals surface area (Å²) in [6.45, 7) is 1.17. The molecule has 1 saturated heterocycles. The van der Waals surface area contributed by atoms with Crippen LogP contribution in [0.25, 0.3) is 0 Å². The molecule has 0 bridgehead atoms. The Morgan fingerprint density at radius 2 is 2.29 bits per heavy atom. The van der Waals surface area contributed by atoms with E-state index in [2.05, 4.69) is 10.6 Å². The highest BCUT2D eigenvalue weighted by molar-refractivity contribution is 5.81. The first-order valence-corrected chi connectivity index (χ1v) is 7.44. The van der Waals surface area contributed by atoms with Crippen molar-refractivity contribution in [3.8, 4) is 5.75 Å². The molecule has 1 amide bonds. The van der Waals surface area contributed by atoms with Crippen molar-refractivity contribution in [2.75, 3.05) is 32.8 Å². The highest BCUT2D eigenvalue weighted by Gasteiger charge is 2.30. The van der Waals surface area contributed by atoms with Crippen molar-refractivity contribution < 1.29 is 32.5 Å². The average molecular weight is 348 g/mol. The van der Waals surface area contributed by atoms with Crippen LogP contribution in [0.4, 0.5) is 13.2 Å². The van der Waals surface area contributed by atoms with Crippen LogP contribution in [0.1, 0.15) is 5.56 Å². The monoisotopic (exact) mass is 348 g/mol. The normalized spacial score (nSPS) is 19.6. The molecule has 1 aromatic rings. The molecule has 24 heavy (non-hydrogen) atoms. The summed E-state index contributed by atoms with van der Waals surface area (Å²) in [4.78, 5) is 11.8. The van der Waals surface area contributed by atoms with Crippen LogP contribution >= 0.6 is 0 Å². The Balaban J connectivity index is 1.75. The molecule has 1 aliphatic rings. The number of hydrogen-bond donors (Lipinski definition) is 3. The third-order valence-corrected chi connectivity index (χ3v) is 3.34. The Hall–Kier alpha value is -1.84. The number of aliphatic hydroxyl groups excluding tert-OH is 1. The summed E-state index contributed by atoms with van der Waals surface area (Å²) in [5.74, 6) is -0.365. The van der Waals surface area contributed by atoms with E-state index in [1.807, 2.05) is 0 Å². The fourth-order valence-electron chi connectivity index (χ4n) is 2.08. The SMILES string of the molecule is O=C(NCC(O)COc1cccc(C(F)(F)F)c1)C1CNCCO1. The number of halogens is 3. The van der Waals surface area contributed by atoms with E-state index in [0.717, 1.165) is 12.1 Å². The molecule has 2 rings (SSSR count). The van der Waals surface area contributed by atoms with E-state index in [4.69, 9.17) is 9.47 Å². The van der Waals surface area contributed by atoms with E-state index in [0.29, 0.717) is 19.7 Å². The molecule has 6 nitrogen and oxygen atoms in total. The zero-order valence-corrected chi connectivity index (χ0v) is 12.8. The zero-order chi connectivity index (χ0) is 17.6. The number of carbonyl (C=O) groups excluding carboxylic acids is 1. The lowest BCUT2D eigenvalue weighted by Gasteiger charge is -2.23. The molecule has 0 aliphatic carbocycles. The maximum Gasteiger partial charge on any atom is 0.416 e. The summed E-state index contributed by atoms with van der Waals surface area (Å²) < 4.78 is 48.1. The van der Waals surface area contributed by atoms with E-state index in [1.165, 1.54) is 12.1 Å².